The molecule has 0 N–H and O–H groups in total. The van der Waals surface area contributed by atoms with Crippen molar-refractivity contribution in [3.05, 3.63) is 30.1 Å². The van der Waals surface area contributed by atoms with Gasteiger partial charge in [0.1, 0.15) is 6.61 Å². The minimum Gasteiger partial charge on any atom is -0.383 e. The first kappa shape index (κ1) is 13.6. The normalized spacial score (nSPS) is 10.2. The fourth-order valence-corrected chi connectivity index (χ4v) is 1.40. The average Bonchev–Trinajstić information content (AvgIpc) is 2.36. The fraction of sp³-hybridized carbons (Fsp3) is 0.500. The number of aromatic nitrogens is 1. The van der Waals surface area contributed by atoms with Gasteiger partial charge >= 0.3 is 0 Å². The van der Waals surface area contributed by atoms with Gasteiger partial charge in [0.25, 0.3) is 0 Å². The van der Waals surface area contributed by atoms with Crippen molar-refractivity contribution in [3.8, 4) is 0 Å². The van der Waals surface area contributed by atoms with Crippen LogP contribution >= 0.6 is 0 Å². The molecule has 1 aromatic heterocycles. The van der Waals surface area contributed by atoms with E-state index in [2.05, 4.69) is 4.98 Å². The minimum atomic E-state index is -0.0600. The summed E-state index contributed by atoms with van der Waals surface area (Å²) in [5.74, 6) is -0.0600. The van der Waals surface area contributed by atoms with E-state index >= 15 is 0 Å². The monoisotopic (exact) mass is 238 g/mol. The van der Waals surface area contributed by atoms with E-state index in [0.29, 0.717) is 19.7 Å². The second kappa shape index (κ2) is 7.76. The summed E-state index contributed by atoms with van der Waals surface area (Å²) in [5.41, 5.74) is 0.855. The van der Waals surface area contributed by atoms with Crippen molar-refractivity contribution in [3.63, 3.8) is 0 Å². The van der Waals surface area contributed by atoms with Crippen LogP contribution in [0.2, 0.25) is 0 Å². The van der Waals surface area contributed by atoms with Crippen LogP contribution in [0.25, 0.3) is 0 Å². The van der Waals surface area contributed by atoms with E-state index in [-0.39, 0.29) is 12.5 Å². The van der Waals surface area contributed by atoms with Gasteiger partial charge in [-0.15, -0.1) is 0 Å². The molecular weight excluding hydrogens is 220 g/mol. The molecule has 0 saturated heterocycles. The fourth-order valence-electron chi connectivity index (χ4n) is 1.40. The highest BCUT2D eigenvalue weighted by Gasteiger charge is 2.13. The highest BCUT2D eigenvalue weighted by atomic mass is 16.5. The summed E-state index contributed by atoms with van der Waals surface area (Å²) in [6, 6.07) is 5.64. The summed E-state index contributed by atoms with van der Waals surface area (Å²) in [7, 11) is 3.12. The molecule has 0 unspecified atom stereocenters. The van der Waals surface area contributed by atoms with E-state index in [1.807, 2.05) is 18.2 Å². The predicted molar refractivity (Wildman–Crippen MR) is 63.4 cm³/mol. The third-order valence-electron chi connectivity index (χ3n) is 2.26. The Kier molecular flexibility index (Phi) is 6.21. The van der Waals surface area contributed by atoms with E-state index in [4.69, 9.17) is 9.47 Å². The van der Waals surface area contributed by atoms with Crippen LogP contribution in [0.5, 0.6) is 0 Å². The molecule has 94 valence electrons. The Morgan fingerprint density at radius 2 is 2.18 bits per heavy atom. The average molecular weight is 238 g/mol. The number of pyridine rings is 1. The highest BCUT2D eigenvalue weighted by molar-refractivity contribution is 5.77. The first-order chi connectivity index (χ1) is 8.27. The lowest BCUT2D eigenvalue weighted by molar-refractivity contribution is -0.136. The van der Waals surface area contributed by atoms with E-state index in [0.717, 1.165) is 5.69 Å². The Morgan fingerprint density at radius 1 is 1.35 bits per heavy atom. The summed E-state index contributed by atoms with van der Waals surface area (Å²) in [4.78, 5) is 17.6. The van der Waals surface area contributed by atoms with Gasteiger partial charge in [0, 0.05) is 27.0 Å². The summed E-state index contributed by atoms with van der Waals surface area (Å²) < 4.78 is 9.83. The zero-order chi connectivity index (χ0) is 12.5. The lowest BCUT2D eigenvalue weighted by Crippen LogP contribution is -2.36. The van der Waals surface area contributed by atoms with E-state index in [1.165, 1.54) is 7.11 Å². The number of rotatable bonds is 7. The number of nitrogens with zero attached hydrogens (tertiary/aromatic N) is 2. The van der Waals surface area contributed by atoms with Gasteiger partial charge < -0.3 is 14.4 Å². The van der Waals surface area contributed by atoms with Crippen LogP contribution in [-0.4, -0.2) is 49.8 Å². The lowest BCUT2D eigenvalue weighted by Gasteiger charge is -2.21. The number of hydrogen-bond acceptors (Lipinski definition) is 4. The molecule has 0 fully saturated rings. The zero-order valence-corrected chi connectivity index (χ0v) is 10.3. The lowest BCUT2D eigenvalue weighted by atomic mass is 10.3. The topological polar surface area (TPSA) is 51.7 Å². The van der Waals surface area contributed by atoms with Crippen LogP contribution in [0, 0.1) is 0 Å². The Labute approximate surface area is 101 Å². The van der Waals surface area contributed by atoms with Gasteiger partial charge in [-0.2, -0.15) is 0 Å². The van der Waals surface area contributed by atoms with Crippen LogP contribution in [0.15, 0.2) is 24.4 Å². The van der Waals surface area contributed by atoms with E-state index in [1.54, 1.807) is 18.2 Å². The van der Waals surface area contributed by atoms with Crippen LogP contribution < -0.4 is 0 Å². The van der Waals surface area contributed by atoms with E-state index < -0.39 is 0 Å². The molecule has 5 nitrogen and oxygen atoms in total. The van der Waals surface area contributed by atoms with Crippen molar-refractivity contribution >= 4 is 5.91 Å². The Balaban J connectivity index is 2.59. The first-order valence-corrected chi connectivity index (χ1v) is 5.43. The van der Waals surface area contributed by atoms with Crippen molar-refractivity contribution in [1.29, 1.82) is 0 Å². The molecule has 1 rings (SSSR count). The molecule has 0 saturated carbocycles. The van der Waals surface area contributed by atoms with Gasteiger partial charge in [-0.05, 0) is 12.1 Å². The van der Waals surface area contributed by atoms with Crippen molar-refractivity contribution in [1.82, 2.24) is 9.88 Å². The molecule has 1 heterocycles. The molecular formula is C12H18N2O3. The van der Waals surface area contributed by atoms with E-state index in [9.17, 15) is 4.79 Å². The van der Waals surface area contributed by atoms with Crippen molar-refractivity contribution in [2.24, 2.45) is 0 Å². The second-order valence-corrected chi connectivity index (χ2v) is 3.56. The molecule has 17 heavy (non-hydrogen) atoms. The summed E-state index contributed by atoms with van der Waals surface area (Å²) in [6.45, 7) is 1.60. The maximum absolute atomic E-state index is 11.8. The third kappa shape index (κ3) is 4.93. The van der Waals surface area contributed by atoms with Crippen LogP contribution in [0.1, 0.15) is 5.69 Å². The third-order valence-corrected chi connectivity index (χ3v) is 2.26. The van der Waals surface area contributed by atoms with Crippen LogP contribution in [-0.2, 0) is 20.8 Å². The molecule has 5 heteroatoms. The smallest absolute Gasteiger partial charge is 0.248 e. The molecule has 0 aromatic carbocycles. The maximum Gasteiger partial charge on any atom is 0.248 e. The number of amides is 1. The van der Waals surface area contributed by atoms with Crippen LogP contribution in [0.3, 0.4) is 0 Å². The largest absolute Gasteiger partial charge is 0.383 e. The van der Waals surface area contributed by atoms with Crippen molar-refractivity contribution < 1.29 is 14.3 Å². The Bertz CT molecular complexity index is 330. The molecule has 0 bridgehead atoms. The molecule has 0 atom stereocenters. The van der Waals surface area contributed by atoms with Crippen molar-refractivity contribution in [2.75, 3.05) is 34.0 Å². The van der Waals surface area contributed by atoms with Gasteiger partial charge in [-0.25, -0.2) is 0 Å². The standard InChI is InChI=1S/C12H18N2O3/c1-16-8-7-14(12(15)10-17-2)9-11-5-3-4-6-13-11/h3-6H,7-10H2,1-2H3. The summed E-state index contributed by atoms with van der Waals surface area (Å²) in [6.07, 6.45) is 1.71. The first-order valence-electron chi connectivity index (χ1n) is 5.43. The SMILES string of the molecule is COCCN(Cc1ccccn1)C(=O)COC. The van der Waals surface area contributed by atoms with Gasteiger partial charge in [-0.1, -0.05) is 6.07 Å². The molecule has 0 aliphatic rings. The molecule has 0 radical (unpaired) electrons. The number of hydrogen-bond donors (Lipinski definition) is 0. The molecule has 0 aliphatic heterocycles. The van der Waals surface area contributed by atoms with Crippen LogP contribution in [0.4, 0.5) is 0 Å². The molecule has 0 aliphatic carbocycles. The highest BCUT2D eigenvalue weighted by Crippen LogP contribution is 2.01. The van der Waals surface area contributed by atoms with Gasteiger partial charge in [0.05, 0.1) is 18.8 Å². The predicted octanol–water partition coefficient (Wildman–Crippen LogP) is 0.703. The molecule has 1 amide bonds. The quantitative estimate of drug-likeness (QED) is 0.701. The minimum absolute atomic E-state index is 0.0600. The zero-order valence-electron chi connectivity index (χ0n) is 10.3. The van der Waals surface area contributed by atoms with Gasteiger partial charge in [0.15, 0.2) is 0 Å². The maximum atomic E-state index is 11.8. The number of methoxy groups -OCH3 is 2. The number of ether oxygens (including phenoxy) is 2. The van der Waals surface area contributed by atoms with Gasteiger partial charge in [0.2, 0.25) is 5.91 Å². The summed E-state index contributed by atoms with van der Waals surface area (Å²) >= 11 is 0. The summed E-state index contributed by atoms with van der Waals surface area (Å²) in [5, 5.41) is 0. The molecule has 1 aromatic rings. The second-order valence-electron chi connectivity index (χ2n) is 3.56. The van der Waals surface area contributed by atoms with Gasteiger partial charge in [-0.3, -0.25) is 9.78 Å². The Hall–Kier alpha value is -1.46. The number of carbonyl (C=O) groups excluding carboxylic acids is 1. The number of carbonyl (C=O) groups is 1. The Morgan fingerprint density at radius 3 is 2.76 bits per heavy atom. The van der Waals surface area contributed by atoms with Crippen molar-refractivity contribution in [2.45, 2.75) is 6.54 Å². The molecule has 0 spiro atoms.